The van der Waals surface area contributed by atoms with Crippen LogP contribution in [0.15, 0.2) is 0 Å². The number of hydrogen-bond donors (Lipinski definition) is 1. The summed E-state index contributed by atoms with van der Waals surface area (Å²) in [5.41, 5.74) is 5.62. The molecule has 0 heterocycles. The minimum absolute atomic E-state index is 0.0133. The van der Waals surface area contributed by atoms with Gasteiger partial charge in [0.25, 0.3) is 0 Å². The maximum atomic E-state index is 11.3. The predicted molar refractivity (Wildman–Crippen MR) is 64.5 cm³/mol. The van der Waals surface area contributed by atoms with Gasteiger partial charge in [0.2, 0.25) is 0 Å². The molecule has 17 heavy (non-hydrogen) atoms. The molecule has 0 aromatic carbocycles. The number of unbranched alkanes of at least 4 members (excludes halogenated alkanes) is 1. The van der Waals surface area contributed by atoms with Crippen LogP contribution >= 0.6 is 0 Å². The van der Waals surface area contributed by atoms with E-state index in [4.69, 9.17) is 15.2 Å². The number of hydrogen-bond acceptors (Lipinski definition) is 5. The lowest BCUT2D eigenvalue weighted by molar-refractivity contribution is -0.146. The Kier molecular flexibility index (Phi) is 8.62. The minimum Gasteiger partial charge on any atom is -0.465 e. The van der Waals surface area contributed by atoms with E-state index in [1.165, 1.54) is 6.92 Å². The Balaban J connectivity index is 3.39. The van der Waals surface area contributed by atoms with Crippen LogP contribution in [0.1, 0.15) is 33.6 Å². The fourth-order valence-electron chi connectivity index (χ4n) is 1.06. The molecule has 0 amide bonds. The summed E-state index contributed by atoms with van der Waals surface area (Å²) in [5, 5.41) is 0. The first kappa shape index (κ1) is 16.1. The van der Waals surface area contributed by atoms with Gasteiger partial charge in [-0.1, -0.05) is 13.8 Å². The fourth-order valence-corrected chi connectivity index (χ4v) is 1.06. The molecule has 0 aromatic heterocycles. The van der Waals surface area contributed by atoms with Crippen molar-refractivity contribution in [2.75, 3.05) is 19.8 Å². The molecule has 0 fully saturated rings. The molecule has 100 valence electrons. The molecule has 0 rings (SSSR count). The molecule has 0 saturated heterocycles. The molecule has 0 aliphatic carbocycles. The normalized spacial score (nSPS) is 12.5. The molecule has 0 spiro atoms. The fraction of sp³-hybridized carbons (Fsp3) is 0.833. The number of ketones is 1. The van der Waals surface area contributed by atoms with Gasteiger partial charge in [0, 0.05) is 6.61 Å². The minimum atomic E-state index is -0.552. The Morgan fingerprint density at radius 2 is 1.76 bits per heavy atom. The number of carbonyl (C=O) groups excluding carboxylic acids is 2. The first-order chi connectivity index (χ1) is 7.95. The number of rotatable bonds is 9. The molecule has 0 bridgehead atoms. The van der Waals surface area contributed by atoms with E-state index in [0.717, 1.165) is 6.42 Å². The Morgan fingerprint density at radius 1 is 1.18 bits per heavy atom. The van der Waals surface area contributed by atoms with Crippen LogP contribution in [0.3, 0.4) is 0 Å². The summed E-state index contributed by atoms with van der Waals surface area (Å²) < 4.78 is 10.1. The van der Waals surface area contributed by atoms with Gasteiger partial charge in [0.1, 0.15) is 12.6 Å². The number of esters is 1. The molecule has 1 atom stereocenters. The van der Waals surface area contributed by atoms with Crippen molar-refractivity contribution in [1.29, 1.82) is 0 Å². The van der Waals surface area contributed by atoms with Crippen molar-refractivity contribution in [2.24, 2.45) is 11.7 Å². The topological polar surface area (TPSA) is 78.6 Å². The third kappa shape index (κ3) is 8.83. The van der Waals surface area contributed by atoms with Gasteiger partial charge in [0.15, 0.2) is 5.78 Å². The highest BCUT2D eigenvalue weighted by molar-refractivity contribution is 5.76. The van der Waals surface area contributed by atoms with Crippen LogP contribution in [0.5, 0.6) is 0 Å². The number of Topliss-reactive ketones (excluding diaryl/α,β-unsaturated/α-hetero) is 1. The SMILES string of the molecule is CC(=O)COCCCCOC(=O)[C@@H](N)C(C)C. The Hall–Kier alpha value is -0.940. The predicted octanol–water partition coefficient (Wildman–Crippen LogP) is 0.899. The smallest absolute Gasteiger partial charge is 0.323 e. The average molecular weight is 245 g/mol. The molecule has 5 nitrogen and oxygen atoms in total. The molecule has 5 heteroatoms. The van der Waals surface area contributed by atoms with Crippen molar-refractivity contribution < 1.29 is 19.1 Å². The van der Waals surface area contributed by atoms with Crippen LogP contribution < -0.4 is 5.73 Å². The highest BCUT2D eigenvalue weighted by Gasteiger charge is 2.18. The van der Waals surface area contributed by atoms with Crippen molar-refractivity contribution in [2.45, 2.75) is 39.7 Å². The van der Waals surface area contributed by atoms with Gasteiger partial charge in [0.05, 0.1) is 6.61 Å². The van der Waals surface area contributed by atoms with Crippen molar-refractivity contribution in [1.82, 2.24) is 0 Å². The van der Waals surface area contributed by atoms with Crippen molar-refractivity contribution in [3.05, 3.63) is 0 Å². The second-order valence-electron chi connectivity index (χ2n) is 4.40. The van der Waals surface area contributed by atoms with E-state index in [0.29, 0.717) is 19.6 Å². The molecule has 0 radical (unpaired) electrons. The van der Waals surface area contributed by atoms with Crippen LogP contribution in [0.2, 0.25) is 0 Å². The van der Waals surface area contributed by atoms with Crippen LogP contribution in [-0.4, -0.2) is 37.6 Å². The van der Waals surface area contributed by atoms with E-state index in [1.807, 2.05) is 13.8 Å². The van der Waals surface area contributed by atoms with Crippen molar-refractivity contribution >= 4 is 11.8 Å². The molecule has 0 aliphatic rings. The zero-order chi connectivity index (χ0) is 13.3. The number of ether oxygens (including phenoxy) is 2. The zero-order valence-electron chi connectivity index (χ0n) is 10.9. The zero-order valence-corrected chi connectivity index (χ0v) is 10.9. The van der Waals surface area contributed by atoms with Crippen LogP contribution in [-0.2, 0) is 19.1 Å². The van der Waals surface area contributed by atoms with Gasteiger partial charge >= 0.3 is 5.97 Å². The standard InChI is InChI=1S/C12H23NO4/c1-9(2)11(13)12(15)17-7-5-4-6-16-8-10(3)14/h9,11H,4-8,13H2,1-3H3/t11-/m0/s1. The summed E-state index contributed by atoms with van der Waals surface area (Å²) in [7, 11) is 0. The first-order valence-electron chi connectivity index (χ1n) is 5.94. The maximum absolute atomic E-state index is 11.3. The van der Waals surface area contributed by atoms with Crippen LogP contribution in [0, 0.1) is 5.92 Å². The number of nitrogens with two attached hydrogens (primary N) is 1. The van der Waals surface area contributed by atoms with E-state index in [2.05, 4.69) is 0 Å². The number of carbonyl (C=O) groups is 2. The lowest BCUT2D eigenvalue weighted by Crippen LogP contribution is -2.37. The van der Waals surface area contributed by atoms with Gasteiger partial charge < -0.3 is 15.2 Å². The Morgan fingerprint density at radius 3 is 2.29 bits per heavy atom. The lowest BCUT2D eigenvalue weighted by atomic mass is 10.1. The van der Waals surface area contributed by atoms with E-state index in [-0.39, 0.29) is 24.3 Å². The van der Waals surface area contributed by atoms with Crippen molar-refractivity contribution in [3.63, 3.8) is 0 Å². The summed E-state index contributed by atoms with van der Waals surface area (Å²) in [6.45, 7) is 6.24. The van der Waals surface area contributed by atoms with Gasteiger partial charge in [-0.15, -0.1) is 0 Å². The summed E-state index contributed by atoms with van der Waals surface area (Å²) in [6.07, 6.45) is 1.48. The molecule has 0 saturated carbocycles. The Labute approximate surface area is 103 Å². The second kappa shape index (κ2) is 9.13. The summed E-state index contributed by atoms with van der Waals surface area (Å²) in [6, 6.07) is -0.552. The Bertz CT molecular complexity index is 241. The monoisotopic (exact) mass is 245 g/mol. The molecule has 2 N–H and O–H groups in total. The summed E-state index contributed by atoms with van der Waals surface area (Å²) >= 11 is 0. The molecule has 0 unspecified atom stereocenters. The quantitative estimate of drug-likeness (QED) is 0.482. The van der Waals surface area contributed by atoms with E-state index < -0.39 is 6.04 Å². The van der Waals surface area contributed by atoms with Gasteiger partial charge in [-0.25, -0.2) is 0 Å². The first-order valence-corrected chi connectivity index (χ1v) is 5.94. The lowest BCUT2D eigenvalue weighted by Gasteiger charge is -2.14. The van der Waals surface area contributed by atoms with Gasteiger partial charge in [-0.05, 0) is 25.7 Å². The third-order valence-corrected chi connectivity index (χ3v) is 2.22. The molecule has 0 aromatic rings. The highest BCUT2D eigenvalue weighted by atomic mass is 16.5. The van der Waals surface area contributed by atoms with Gasteiger partial charge in [-0.3, -0.25) is 9.59 Å². The highest BCUT2D eigenvalue weighted by Crippen LogP contribution is 2.01. The van der Waals surface area contributed by atoms with E-state index >= 15 is 0 Å². The second-order valence-corrected chi connectivity index (χ2v) is 4.40. The maximum Gasteiger partial charge on any atom is 0.323 e. The largest absolute Gasteiger partial charge is 0.465 e. The van der Waals surface area contributed by atoms with Gasteiger partial charge in [-0.2, -0.15) is 0 Å². The average Bonchev–Trinajstić information content (AvgIpc) is 2.25. The molecule has 0 aliphatic heterocycles. The van der Waals surface area contributed by atoms with E-state index in [1.54, 1.807) is 0 Å². The van der Waals surface area contributed by atoms with E-state index in [9.17, 15) is 9.59 Å². The summed E-state index contributed by atoms with van der Waals surface area (Å²) in [4.78, 5) is 21.9. The van der Waals surface area contributed by atoms with Crippen LogP contribution in [0.25, 0.3) is 0 Å². The van der Waals surface area contributed by atoms with Crippen molar-refractivity contribution in [3.8, 4) is 0 Å². The third-order valence-electron chi connectivity index (χ3n) is 2.22. The molecular weight excluding hydrogens is 222 g/mol. The molecular formula is C12H23NO4. The summed E-state index contributed by atoms with van der Waals surface area (Å²) in [5.74, 6) is -0.259. The van der Waals surface area contributed by atoms with Crippen LogP contribution in [0.4, 0.5) is 0 Å².